The molecule has 0 spiro atoms. The van der Waals surface area contributed by atoms with E-state index in [2.05, 4.69) is 145 Å². The molecule has 0 heterocycles. The molecule has 54 heavy (non-hydrogen) atoms. The molecular weight excluding hydrogens is 649 g/mol. The summed E-state index contributed by atoms with van der Waals surface area (Å²) >= 11 is 0. The molecule has 7 aromatic rings. The van der Waals surface area contributed by atoms with E-state index in [1.54, 1.807) is 0 Å². The molecule has 3 atom stereocenters. The van der Waals surface area contributed by atoms with Crippen molar-refractivity contribution in [1.29, 1.82) is 0 Å². The molecule has 3 aliphatic rings. The summed E-state index contributed by atoms with van der Waals surface area (Å²) in [5, 5.41) is 0. The number of terminal acetylenes is 3. The maximum atomic E-state index is 6.14. The molecule has 0 saturated heterocycles. The van der Waals surface area contributed by atoms with Crippen molar-refractivity contribution in [3.8, 4) is 70.4 Å². The first-order chi connectivity index (χ1) is 26.7. The molecule has 0 amide bonds. The van der Waals surface area contributed by atoms with Crippen molar-refractivity contribution in [3.05, 3.63) is 212 Å². The van der Waals surface area contributed by atoms with Crippen molar-refractivity contribution in [3.63, 3.8) is 0 Å². The molecule has 10 rings (SSSR count). The Morgan fingerprint density at radius 3 is 1.24 bits per heavy atom. The van der Waals surface area contributed by atoms with E-state index in [1.807, 2.05) is 18.2 Å². The Bertz CT molecular complexity index is 2720. The van der Waals surface area contributed by atoms with Gasteiger partial charge in [0.15, 0.2) is 0 Å². The van der Waals surface area contributed by atoms with E-state index in [4.69, 9.17) is 19.3 Å². The van der Waals surface area contributed by atoms with Crippen molar-refractivity contribution in [2.45, 2.75) is 37.0 Å². The monoisotopic (exact) mass is 684 g/mol. The third kappa shape index (κ3) is 4.77. The predicted molar refractivity (Wildman–Crippen MR) is 223 cm³/mol. The van der Waals surface area contributed by atoms with Gasteiger partial charge in [-0.05, 0) is 127 Å². The van der Waals surface area contributed by atoms with Crippen LogP contribution in [-0.4, -0.2) is 0 Å². The molecule has 0 N–H and O–H groups in total. The van der Waals surface area contributed by atoms with Gasteiger partial charge in [-0.3, -0.25) is 0 Å². The lowest BCUT2D eigenvalue weighted by atomic mass is 9.77. The van der Waals surface area contributed by atoms with Gasteiger partial charge in [-0.1, -0.05) is 139 Å². The molecule has 7 aromatic carbocycles. The number of hydrogen-bond donors (Lipinski definition) is 0. The summed E-state index contributed by atoms with van der Waals surface area (Å²) in [6.07, 6.45) is 20.7. The Labute approximate surface area is 318 Å². The van der Waals surface area contributed by atoms with Crippen LogP contribution in [0.4, 0.5) is 0 Å². The standard InChI is InChI=1S/C54H36/c1-4-34-18-17-19-35(30-34)31-46-40-24-11-14-27-43(40)49-52(46)50-44-28-15-12-25-41(44)47(32-38-22-9-7-20-36(38)5-2)54(50)51-45-29-16-13-26-42(45)48(53(49)51)33-39-23-10-8-21-37(39)6-3/h1-3,7-30,46-48H,31-33H2/t46-,47-,48-/m0/s1. The van der Waals surface area contributed by atoms with Crippen molar-refractivity contribution in [2.75, 3.05) is 0 Å². The highest BCUT2D eigenvalue weighted by atomic mass is 14.5. The zero-order valence-electron chi connectivity index (χ0n) is 29.9. The minimum atomic E-state index is 0.128. The number of rotatable bonds is 6. The Hall–Kier alpha value is -6.78. The fraction of sp³-hybridized carbons (Fsp3) is 0.111. The van der Waals surface area contributed by atoms with Gasteiger partial charge >= 0.3 is 0 Å². The van der Waals surface area contributed by atoms with Crippen molar-refractivity contribution < 1.29 is 0 Å². The lowest BCUT2D eigenvalue weighted by Crippen LogP contribution is -2.10. The topological polar surface area (TPSA) is 0 Å². The van der Waals surface area contributed by atoms with Crippen LogP contribution in [0.3, 0.4) is 0 Å². The van der Waals surface area contributed by atoms with Crippen LogP contribution in [-0.2, 0) is 19.3 Å². The molecule has 3 aliphatic carbocycles. The Kier molecular flexibility index (Phi) is 7.51. The van der Waals surface area contributed by atoms with E-state index in [9.17, 15) is 0 Å². The average Bonchev–Trinajstić information content (AvgIpc) is 3.84. The van der Waals surface area contributed by atoms with Gasteiger partial charge in [0.25, 0.3) is 0 Å². The Morgan fingerprint density at radius 1 is 0.389 bits per heavy atom. The van der Waals surface area contributed by atoms with E-state index < -0.39 is 0 Å². The minimum absolute atomic E-state index is 0.128. The van der Waals surface area contributed by atoms with E-state index in [0.717, 1.165) is 36.0 Å². The van der Waals surface area contributed by atoms with E-state index in [1.165, 1.54) is 83.5 Å². The van der Waals surface area contributed by atoms with Crippen LogP contribution in [0, 0.1) is 37.0 Å². The first-order valence-electron chi connectivity index (χ1n) is 18.8. The van der Waals surface area contributed by atoms with Crippen molar-refractivity contribution in [2.24, 2.45) is 0 Å². The SMILES string of the molecule is C#Cc1cccc(C[C@H]2c3ccccc3-c3c2c2c(c4c3[C@@H](Cc3ccccc3C#C)c3ccccc3-4)[C@@H](Cc3ccccc3C#C)c3ccccc3-2)c1. The summed E-state index contributed by atoms with van der Waals surface area (Å²) < 4.78 is 0. The van der Waals surface area contributed by atoms with E-state index >= 15 is 0 Å². The molecule has 0 unspecified atom stereocenters. The zero-order chi connectivity index (χ0) is 36.3. The van der Waals surface area contributed by atoms with E-state index in [-0.39, 0.29) is 17.8 Å². The second kappa shape index (κ2) is 12.7. The fourth-order valence-electron chi connectivity index (χ4n) is 10.1. The normalized spacial score (nSPS) is 16.5. The molecule has 0 fully saturated rings. The lowest BCUT2D eigenvalue weighted by molar-refractivity contribution is 0.801. The van der Waals surface area contributed by atoms with Crippen molar-refractivity contribution >= 4 is 0 Å². The Morgan fingerprint density at radius 2 is 0.796 bits per heavy atom. The number of hydrogen-bond acceptors (Lipinski definition) is 0. The lowest BCUT2D eigenvalue weighted by Gasteiger charge is -2.25. The van der Waals surface area contributed by atoms with Crippen LogP contribution in [0.5, 0.6) is 0 Å². The second-order valence-corrected chi connectivity index (χ2v) is 14.8. The average molecular weight is 685 g/mol. The summed E-state index contributed by atoms with van der Waals surface area (Å²) in [6, 6.07) is 52.9. The highest BCUT2D eigenvalue weighted by molar-refractivity contribution is 6.03. The highest BCUT2D eigenvalue weighted by Crippen LogP contribution is 2.65. The molecule has 0 bridgehead atoms. The maximum Gasteiger partial charge on any atom is 0.0274 e. The summed E-state index contributed by atoms with van der Waals surface area (Å²) in [5.74, 6) is 9.28. The highest BCUT2D eigenvalue weighted by Gasteiger charge is 2.46. The predicted octanol–water partition coefficient (Wildman–Crippen LogP) is 11.7. The maximum absolute atomic E-state index is 6.14. The van der Waals surface area contributed by atoms with Gasteiger partial charge in [0.05, 0.1) is 0 Å². The molecule has 0 saturated carbocycles. The van der Waals surface area contributed by atoms with Gasteiger partial charge in [0, 0.05) is 34.4 Å². The molecular formula is C54H36. The second-order valence-electron chi connectivity index (χ2n) is 14.8. The Balaban J connectivity index is 1.32. The fourth-order valence-corrected chi connectivity index (χ4v) is 10.1. The zero-order valence-corrected chi connectivity index (χ0v) is 29.9. The van der Waals surface area contributed by atoms with Gasteiger partial charge < -0.3 is 0 Å². The van der Waals surface area contributed by atoms with Gasteiger partial charge in [-0.15, -0.1) is 19.3 Å². The molecule has 252 valence electrons. The largest absolute Gasteiger partial charge is 0.115 e. The van der Waals surface area contributed by atoms with Crippen LogP contribution >= 0.6 is 0 Å². The van der Waals surface area contributed by atoms with Crippen LogP contribution < -0.4 is 0 Å². The summed E-state index contributed by atoms with van der Waals surface area (Å²) in [5.41, 5.74) is 23.2. The number of benzene rings is 7. The van der Waals surface area contributed by atoms with E-state index in [0.29, 0.717) is 0 Å². The first kappa shape index (κ1) is 31.9. The number of fused-ring (bicyclic) bond motifs is 12. The van der Waals surface area contributed by atoms with Gasteiger partial charge in [0.2, 0.25) is 0 Å². The van der Waals surface area contributed by atoms with Crippen molar-refractivity contribution in [1.82, 2.24) is 0 Å². The van der Waals surface area contributed by atoms with Crippen LogP contribution in [0.1, 0.15) is 84.5 Å². The molecule has 0 aliphatic heterocycles. The summed E-state index contributed by atoms with van der Waals surface area (Å²) in [7, 11) is 0. The van der Waals surface area contributed by atoms with Crippen LogP contribution in [0.15, 0.2) is 146 Å². The molecule has 0 radical (unpaired) electrons. The van der Waals surface area contributed by atoms with Crippen LogP contribution in [0.25, 0.3) is 33.4 Å². The van der Waals surface area contributed by atoms with Gasteiger partial charge in [0.1, 0.15) is 0 Å². The third-order valence-electron chi connectivity index (χ3n) is 12.2. The molecule has 0 aromatic heterocycles. The molecule has 0 heteroatoms. The first-order valence-corrected chi connectivity index (χ1v) is 18.8. The summed E-state index contributed by atoms with van der Waals surface area (Å²) in [6.45, 7) is 0. The smallest absolute Gasteiger partial charge is 0.0274 e. The minimum Gasteiger partial charge on any atom is -0.115 e. The molecule has 0 nitrogen and oxygen atoms in total. The van der Waals surface area contributed by atoms with Crippen LogP contribution in [0.2, 0.25) is 0 Å². The summed E-state index contributed by atoms with van der Waals surface area (Å²) in [4.78, 5) is 0. The third-order valence-corrected chi connectivity index (χ3v) is 12.2. The quantitative estimate of drug-likeness (QED) is 0.153. The van der Waals surface area contributed by atoms with Gasteiger partial charge in [-0.25, -0.2) is 0 Å². The van der Waals surface area contributed by atoms with Gasteiger partial charge in [-0.2, -0.15) is 0 Å².